The highest BCUT2D eigenvalue weighted by Crippen LogP contribution is 2.30. The Bertz CT molecular complexity index is 852. The minimum atomic E-state index is -0.402. The van der Waals surface area contributed by atoms with Crippen LogP contribution in [0.5, 0.6) is 0 Å². The fourth-order valence-corrected chi connectivity index (χ4v) is 3.28. The second-order valence-corrected chi connectivity index (χ2v) is 6.81. The van der Waals surface area contributed by atoms with Crippen LogP contribution in [0.1, 0.15) is 23.8 Å². The standard InChI is InChI=1S/C18H18ClN5O3/c19-13-5-3-12(4-6-13)15-8-16-18(26)23(21-11-24(16)22-15)10-17(25)20-9-14-2-1-7-27-14/h1-7,11,15-16,22H,8-10H2,(H,20,25). The van der Waals surface area contributed by atoms with Crippen LogP contribution in [0.2, 0.25) is 5.02 Å². The number of nitrogens with one attached hydrogen (secondary N) is 2. The molecule has 2 amide bonds. The van der Waals surface area contributed by atoms with Crippen molar-refractivity contribution in [3.8, 4) is 0 Å². The zero-order chi connectivity index (χ0) is 18.8. The first-order chi connectivity index (χ1) is 13.1. The predicted octanol–water partition coefficient (Wildman–Crippen LogP) is 1.65. The van der Waals surface area contributed by atoms with Gasteiger partial charge in [0.15, 0.2) is 0 Å². The molecule has 2 N–H and O–H groups in total. The number of fused-ring (bicyclic) bond motifs is 1. The summed E-state index contributed by atoms with van der Waals surface area (Å²) in [6.07, 6.45) is 3.66. The summed E-state index contributed by atoms with van der Waals surface area (Å²) in [6, 6.07) is 10.6. The van der Waals surface area contributed by atoms with Gasteiger partial charge in [0.25, 0.3) is 5.91 Å². The van der Waals surface area contributed by atoms with Crippen molar-refractivity contribution in [2.45, 2.75) is 25.0 Å². The zero-order valence-electron chi connectivity index (χ0n) is 14.3. The summed E-state index contributed by atoms with van der Waals surface area (Å²) in [4.78, 5) is 24.8. The lowest BCUT2D eigenvalue weighted by molar-refractivity contribution is -0.140. The number of carbonyl (C=O) groups is 2. The molecule has 4 rings (SSSR count). The van der Waals surface area contributed by atoms with Crippen molar-refractivity contribution < 1.29 is 14.0 Å². The second kappa shape index (κ2) is 7.42. The third kappa shape index (κ3) is 3.81. The topological polar surface area (TPSA) is 90.2 Å². The number of furan rings is 1. The van der Waals surface area contributed by atoms with Gasteiger partial charge in [0.1, 0.15) is 24.7 Å². The Labute approximate surface area is 160 Å². The van der Waals surface area contributed by atoms with Gasteiger partial charge < -0.3 is 9.73 Å². The largest absolute Gasteiger partial charge is 0.467 e. The number of nitrogens with zero attached hydrogens (tertiary/aromatic N) is 3. The van der Waals surface area contributed by atoms with Gasteiger partial charge in [-0.3, -0.25) is 14.6 Å². The third-order valence-electron chi connectivity index (χ3n) is 4.56. The van der Waals surface area contributed by atoms with E-state index in [9.17, 15) is 9.59 Å². The minimum Gasteiger partial charge on any atom is -0.467 e. The van der Waals surface area contributed by atoms with Crippen LogP contribution in [0.3, 0.4) is 0 Å². The molecule has 2 atom stereocenters. The SMILES string of the molecule is O=C(CN1N=CN2NC(c3ccc(Cl)cc3)CC2C1=O)NCc1ccco1. The molecule has 1 aromatic carbocycles. The summed E-state index contributed by atoms with van der Waals surface area (Å²) >= 11 is 5.93. The first kappa shape index (κ1) is 17.6. The summed E-state index contributed by atoms with van der Waals surface area (Å²) in [6.45, 7) is 0.138. The lowest BCUT2D eigenvalue weighted by Gasteiger charge is -2.29. The van der Waals surface area contributed by atoms with Crippen molar-refractivity contribution >= 4 is 29.8 Å². The van der Waals surface area contributed by atoms with E-state index in [2.05, 4.69) is 15.8 Å². The van der Waals surface area contributed by atoms with Gasteiger partial charge in [0.2, 0.25) is 5.91 Å². The summed E-state index contributed by atoms with van der Waals surface area (Å²) in [5.41, 5.74) is 4.30. The van der Waals surface area contributed by atoms with Crippen molar-refractivity contribution in [3.63, 3.8) is 0 Å². The summed E-state index contributed by atoms with van der Waals surface area (Å²) in [5, 5.41) is 10.4. The first-order valence-electron chi connectivity index (χ1n) is 8.54. The van der Waals surface area contributed by atoms with Gasteiger partial charge in [0.05, 0.1) is 18.8 Å². The molecule has 0 spiro atoms. The van der Waals surface area contributed by atoms with Crippen LogP contribution in [0.15, 0.2) is 52.2 Å². The normalized spacial score (nSPS) is 21.4. The summed E-state index contributed by atoms with van der Waals surface area (Å²) in [7, 11) is 0. The quantitative estimate of drug-likeness (QED) is 0.814. The van der Waals surface area contributed by atoms with Crippen LogP contribution < -0.4 is 10.7 Å². The molecule has 2 aliphatic heterocycles. The average Bonchev–Trinajstić information content (AvgIpc) is 3.33. The Morgan fingerprint density at radius 1 is 1.33 bits per heavy atom. The number of rotatable bonds is 5. The number of carbonyl (C=O) groups excluding carboxylic acids is 2. The van der Waals surface area contributed by atoms with Gasteiger partial charge in [0, 0.05) is 5.02 Å². The molecular weight excluding hydrogens is 370 g/mol. The van der Waals surface area contributed by atoms with Crippen molar-refractivity contribution in [3.05, 3.63) is 59.0 Å². The van der Waals surface area contributed by atoms with E-state index < -0.39 is 6.04 Å². The van der Waals surface area contributed by atoms with E-state index >= 15 is 0 Å². The molecule has 1 fully saturated rings. The number of benzene rings is 1. The van der Waals surface area contributed by atoms with Crippen LogP contribution >= 0.6 is 11.6 Å². The van der Waals surface area contributed by atoms with E-state index in [0.717, 1.165) is 5.56 Å². The van der Waals surface area contributed by atoms with E-state index in [1.807, 2.05) is 24.3 Å². The molecule has 27 heavy (non-hydrogen) atoms. The van der Waals surface area contributed by atoms with Crippen molar-refractivity contribution in [2.24, 2.45) is 5.10 Å². The Morgan fingerprint density at radius 2 is 2.15 bits per heavy atom. The molecule has 140 valence electrons. The van der Waals surface area contributed by atoms with E-state index in [1.54, 1.807) is 29.7 Å². The van der Waals surface area contributed by atoms with Crippen molar-refractivity contribution in [2.75, 3.05) is 6.54 Å². The van der Waals surface area contributed by atoms with Crippen LogP contribution in [0.4, 0.5) is 0 Å². The van der Waals surface area contributed by atoms with Gasteiger partial charge in [-0.05, 0) is 36.2 Å². The Morgan fingerprint density at radius 3 is 2.89 bits per heavy atom. The van der Waals surface area contributed by atoms with Gasteiger partial charge in [-0.1, -0.05) is 23.7 Å². The fraction of sp³-hybridized carbons (Fsp3) is 0.278. The van der Waals surface area contributed by atoms with Crippen molar-refractivity contribution in [1.82, 2.24) is 20.8 Å². The van der Waals surface area contributed by atoms with Gasteiger partial charge >= 0.3 is 0 Å². The molecule has 0 bridgehead atoms. The maximum atomic E-state index is 12.7. The van der Waals surface area contributed by atoms with E-state index in [1.165, 1.54) is 5.01 Å². The smallest absolute Gasteiger partial charge is 0.267 e. The molecule has 2 aliphatic rings. The Balaban J connectivity index is 1.35. The predicted molar refractivity (Wildman–Crippen MR) is 98.3 cm³/mol. The molecular formula is C18H18ClN5O3. The number of hydrogen-bond acceptors (Lipinski definition) is 6. The van der Waals surface area contributed by atoms with Gasteiger partial charge in [-0.25, -0.2) is 10.4 Å². The summed E-state index contributed by atoms with van der Waals surface area (Å²) < 4.78 is 5.16. The number of amides is 2. The zero-order valence-corrected chi connectivity index (χ0v) is 15.1. The van der Waals surface area contributed by atoms with Crippen LogP contribution in [0, 0.1) is 0 Å². The van der Waals surface area contributed by atoms with Gasteiger partial charge in [-0.2, -0.15) is 5.10 Å². The number of hydrogen-bond donors (Lipinski definition) is 2. The Kier molecular flexibility index (Phi) is 4.83. The molecule has 2 unspecified atom stereocenters. The highest BCUT2D eigenvalue weighted by Gasteiger charge is 2.41. The van der Waals surface area contributed by atoms with Gasteiger partial charge in [-0.15, -0.1) is 0 Å². The highest BCUT2D eigenvalue weighted by molar-refractivity contribution is 6.30. The minimum absolute atomic E-state index is 0.0182. The number of hydrazine groups is 1. The summed E-state index contributed by atoms with van der Waals surface area (Å²) in [5.74, 6) is 0.133. The molecule has 0 radical (unpaired) electrons. The lowest BCUT2D eigenvalue weighted by atomic mass is 10.0. The average molecular weight is 388 g/mol. The van der Waals surface area contributed by atoms with Crippen LogP contribution in [-0.2, 0) is 16.1 Å². The highest BCUT2D eigenvalue weighted by atomic mass is 35.5. The number of hydrazone groups is 1. The fourth-order valence-electron chi connectivity index (χ4n) is 3.16. The maximum Gasteiger partial charge on any atom is 0.267 e. The van der Waals surface area contributed by atoms with E-state index in [-0.39, 0.29) is 30.9 Å². The number of halogens is 1. The maximum absolute atomic E-state index is 12.7. The van der Waals surface area contributed by atoms with E-state index in [0.29, 0.717) is 17.2 Å². The van der Waals surface area contributed by atoms with Crippen LogP contribution in [0.25, 0.3) is 0 Å². The van der Waals surface area contributed by atoms with E-state index in [4.69, 9.17) is 16.0 Å². The molecule has 9 heteroatoms. The molecule has 1 saturated heterocycles. The Hall–Kier alpha value is -2.84. The molecule has 3 heterocycles. The molecule has 0 saturated carbocycles. The molecule has 0 aliphatic carbocycles. The second-order valence-electron chi connectivity index (χ2n) is 6.37. The molecule has 8 nitrogen and oxygen atoms in total. The molecule has 2 aromatic rings. The van der Waals surface area contributed by atoms with Crippen LogP contribution in [-0.4, -0.2) is 40.8 Å². The monoisotopic (exact) mass is 387 g/mol. The molecule has 1 aromatic heterocycles. The third-order valence-corrected chi connectivity index (χ3v) is 4.81. The lowest BCUT2D eigenvalue weighted by Crippen LogP contribution is -2.52. The van der Waals surface area contributed by atoms with Crippen molar-refractivity contribution in [1.29, 1.82) is 0 Å². The first-order valence-corrected chi connectivity index (χ1v) is 8.92.